The maximum absolute atomic E-state index is 11.6. The van der Waals surface area contributed by atoms with E-state index < -0.39 is 21.7 Å². The second-order valence-corrected chi connectivity index (χ2v) is 5.66. The molecule has 0 aromatic heterocycles. The zero-order valence-corrected chi connectivity index (χ0v) is 11.1. The normalized spacial score (nSPS) is 11.0. The van der Waals surface area contributed by atoms with Crippen LogP contribution in [0.4, 0.5) is 5.69 Å². The van der Waals surface area contributed by atoms with E-state index >= 15 is 0 Å². The van der Waals surface area contributed by atoms with Crippen LogP contribution in [0, 0.1) is 0 Å². The first-order valence-electron chi connectivity index (χ1n) is 4.90. The smallest absolute Gasteiger partial charge is 0.306 e. The van der Waals surface area contributed by atoms with E-state index in [1.807, 2.05) is 0 Å². The molecule has 0 atom stereocenters. The summed E-state index contributed by atoms with van der Waals surface area (Å²) in [4.78, 5) is 10.8. The van der Waals surface area contributed by atoms with Crippen LogP contribution in [0.5, 0.6) is 5.75 Å². The summed E-state index contributed by atoms with van der Waals surface area (Å²) in [6.07, 6.45) is -0.238. The minimum absolute atomic E-state index is 0.0307. The Balaban J connectivity index is 2.70. The number of hydrogen-bond donors (Lipinski definition) is 2. The van der Waals surface area contributed by atoms with Crippen LogP contribution in [0.25, 0.3) is 0 Å². The number of sulfonamides is 1. The summed E-state index contributed by atoms with van der Waals surface area (Å²) in [7, 11) is -2.48. The first kappa shape index (κ1) is 14.6. The summed E-state index contributed by atoms with van der Waals surface area (Å²) < 4.78 is 29.8. The highest BCUT2D eigenvalue weighted by molar-refractivity contribution is 7.92. The summed E-state index contributed by atoms with van der Waals surface area (Å²) in [6.45, 7) is 0. The summed E-state index contributed by atoms with van der Waals surface area (Å²) in [5.74, 6) is -1.14. The monoisotopic (exact) mass is 293 g/mol. The third-order valence-corrected chi connectivity index (χ3v) is 3.61. The van der Waals surface area contributed by atoms with Crippen molar-refractivity contribution < 1.29 is 23.1 Å². The zero-order valence-electron chi connectivity index (χ0n) is 9.51. The van der Waals surface area contributed by atoms with Gasteiger partial charge in [0, 0.05) is 0 Å². The van der Waals surface area contributed by atoms with Crippen molar-refractivity contribution in [3.63, 3.8) is 0 Å². The molecule has 18 heavy (non-hydrogen) atoms. The van der Waals surface area contributed by atoms with Gasteiger partial charge in [-0.2, -0.15) is 0 Å². The number of anilines is 1. The van der Waals surface area contributed by atoms with Crippen molar-refractivity contribution in [3.05, 3.63) is 23.2 Å². The van der Waals surface area contributed by atoms with Gasteiger partial charge in [0.05, 0.1) is 30.0 Å². The number of esters is 1. The second-order valence-electron chi connectivity index (χ2n) is 3.41. The standard InChI is InChI=1S/C10H12ClNO5S/c1-17-10(14)4-5-18(15,16)12-7-2-3-9(13)8(11)6-7/h2-3,6,12-13H,4-5H2,1H3. The molecule has 8 heteroatoms. The highest BCUT2D eigenvalue weighted by Gasteiger charge is 2.14. The number of carbonyl (C=O) groups excluding carboxylic acids is 1. The van der Waals surface area contributed by atoms with Crippen molar-refractivity contribution in [3.8, 4) is 5.75 Å². The minimum Gasteiger partial charge on any atom is -0.506 e. The lowest BCUT2D eigenvalue weighted by molar-refractivity contribution is -0.140. The zero-order chi connectivity index (χ0) is 13.8. The van der Waals surface area contributed by atoms with Crippen molar-refractivity contribution in [2.45, 2.75) is 6.42 Å². The molecule has 6 nitrogen and oxygen atoms in total. The molecule has 0 aliphatic carbocycles. The van der Waals surface area contributed by atoms with Gasteiger partial charge in [-0.1, -0.05) is 11.6 Å². The van der Waals surface area contributed by atoms with E-state index in [-0.39, 0.29) is 22.9 Å². The molecule has 1 rings (SSSR count). The average molecular weight is 294 g/mol. The van der Waals surface area contributed by atoms with Crippen molar-refractivity contribution >= 4 is 33.3 Å². The number of ether oxygens (including phenoxy) is 1. The van der Waals surface area contributed by atoms with Gasteiger partial charge < -0.3 is 9.84 Å². The van der Waals surface area contributed by atoms with E-state index in [2.05, 4.69) is 9.46 Å². The van der Waals surface area contributed by atoms with Gasteiger partial charge in [0.15, 0.2) is 0 Å². The lowest BCUT2D eigenvalue weighted by Crippen LogP contribution is -2.19. The Morgan fingerprint density at radius 2 is 2.17 bits per heavy atom. The molecular weight excluding hydrogens is 282 g/mol. The van der Waals surface area contributed by atoms with Gasteiger partial charge in [-0.15, -0.1) is 0 Å². The molecule has 0 heterocycles. The van der Waals surface area contributed by atoms with Crippen LogP contribution in [0.1, 0.15) is 6.42 Å². The number of hydrogen-bond acceptors (Lipinski definition) is 5. The number of nitrogens with one attached hydrogen (secondary N) is 1. The molecule has 2 N–H and O–H groups in total. The molecule has 1 aromatic carbocycles. The molecule has 0 bridgehead atoms. The van der Waals surface area contributed by atoms with Crippen LogP contribution in [0.3, 0.4) is 0 Å². The Morgan fingerprint density at radius 1 is 1.50 bits per heavy atom. The number of benzene rings is 1. The summed E-state index contributed by atoms with van der Waals surface area (Å²) in [6, 6.07) is 3.89. The molecule has 0 radical (unpaired) electrons. The van der Waals surface area contributed by atoms with Crippen LogP contribution in [-0.2, 0) is 19.6 Å². The average Bonchev–Trinajstić information content (AvgIpc) is 2.30. The largest absolute Gasteiger partial charge is 0.506 e. The van der Waals surface area contributed by atoms with Gasteiger partial charge in [-0.3, -0.25) is 9.52 Å². The van der Waals surface area contributed by atoms with Crippen LogP contribution >= 0.6 is 11.6 Å². The SMILES string of the molecule is COC(=O)CCS(=O)(=O)Nc1ccc(O)c(Cl)c1. The van der Waals surface area contributed by atoms with E-state index in [0.717, 1.165) is 0 Å². The number of aromatic hydroxyl groups is 1. The molecule has 0 aliphatic heterocycles. The lowest BCUT2D eigenvalue weighted by atomic mass is 10.3. The Bertz CT molecular complexity index is 543. The Labute approximate surface area is 110 Å². The number of rotatable bonds is 5. The fourth-order valence-corrected chi connectivity index (χ4v) is 2.32. The molecule has 1 aromatic rings. The molecule has 0 saturated carbocycles. The summed E-state index contributed by atoms with van der Waals surface area (Å²) in [5.41, 5.74) is 0.211. The van der Waals surface area contributed by atoms with Gasteiger partial charge in [-0.05, 0) is 18.2 Å². The van der Waals surface area contributed by atoms with Crippen molar-refractivity contribution in [1.82, 2.24) is 0 Å². The molecule has 0 fully saturated rings. The van der Waals surface area contributed by atoms with E-state index in [4.69, 9.17) is 11.6 Å². The molecule has 0 saturated heterocycles. The van der Waals surface area contributed by atoms with Gasteiger partial charge in [0.2, 0.25) is 10.0 Å². The van der Waals surface area contributed by atoms with E-state index in [1.54, 1.807) is 0 Å². The van der Waals surface area contributed by atoms with Gasteiger partial charge in [0.1, 0.15) is 5.75 Å². The summed E-state index contributed by atoms with van der Waals surface area (Å²) in [5, 5.41) is 9.21. The maximum Gasteiger partial charge on any atom is 0.306 e. The first-order chi connectivity index (χ1) is 8.34. The number of halogens is 1. The lowest BCUT2D eigenvalue weighted by Gasteiger charge is -2.08. The molecule has 100 valence electrons. The Kier molecular flexibility index (Phi) is 4.80. The predicted molar refractivity (Wildman–Crippen MR) is 67.2 cm³/mol. The Hall–Kier alpha value is -1.47. The third kappa shape index (κ3) is 4.42. The molecule has 0 spiro atoms. The number of phenols is 1. The first-order valence-corrected chi connectivity index (χ1v) is 6.93. The van der Waals surface area contributed by atoms with E-state index in [0.29, 0.717) is 0 Å². The van der Waals surface area contributed by atoms with E-state index in [9.17, 15) is 18.3 Å². The van der Waals surface area contributed by atoms with Crippen LogP contribution in [0.15, 0.2) is 18.2 Å². The fourth-order valence-electron chi connectivity index (χ4n) is 1.12. The minimum atomic E-state index is -3.66. The molecule has 0 aliphatic rings. The van der Waals surface area contributed by atoms with Crippen molar-refractivity contribution in [2.24, 2.45) is 0 Å². The van der Waals surface area contributed by atoms with Gasteiger partial charge >= 0.3 is 5.97 Å². The highest BCUT2D eigenvalue weighted by atomic mass is 35.5. The molecule has 0 unspecified atom stereocenters. The second kappa shape index (κ2) is 5.92. The van der Waals surface area contributed by atoms with Crippen molar-refractivity contribution in [1.29, 1.82) is 0 Å². The topological polar surface area (TPSA) is 92.7 Å². The maximum atomic E-state index is 11.6. The number of carbonyl (C=O) groups is 1. The van der Waals surface area contributed by atoms with E-state index in [1.165, 1.54) is 25.3 Å². The number of phenolic OH excluding ortho intramolecular Hbond substituents is 1. The van der Waals surface area contributed by atoms with Crippen LogP contribution < -0.4 is 4.72 Å². The van der Waals surface area contributed by atoms with Crippen LogP contribution in [0.2, 0.25) is 5.02 Å². The Morgan fingerprint density at radius 3 is 2.72 bits per heavy atom. The quantitative estimate of drug-likeness (QED) is 0.631. The molecular formula is C10H12ClNO5S. The number of methoxy groups -OCH3 is 1. The van der Waals surface area contributed by atoms with Gasteiger partial charge in [0.25, 0.3) is 0 Å². The third-order valence-electron chi connectivity index (χ3n) is 2.02. The van der Waals surface area contributed by atoms with Crippen molar-refractivity contribution in [2.75, 3.05) is 17.6 Å². The molecule has 0 amide bonds. The fraction of sp³-hybridized carbons (Fsp3) is 0.300. The van der Waals surface area contributed by atoms with Crippen LogP contribution in [-0.4, -0.2) is 32.4 Å². The van der Waals surface area contributed by atoms with Gasteiger partial charge in [-0.25, -0.2) is 8.42 Å². The highest BCUT2D eigenvalue weighted by Crippen LogP contribution is 2.26. The summed E-state index contributed by atoms with van der Waals surface area (Å²) >= 11 is 5.63. The predicted octanol–water partition coefficient (Wildman–Crippen LogP) is 1.35.